The number of amides is 2. The Morgan fingerprint density at radius 1 is 1.04 bits per heavy atom. The molecule has 9 nitrogen and oxygen atoms in total. The van der Waals surface area contributed by atoms with Crippen molar-refractivity contribution in [1.29, 1.82) is 0 Å². The molecular weight excluding hydrogens is 416 g/mol. The number of hydroxylamine groups is 1. The number of benzene rings is 2. The number of hydrogen-bond donors (Lipinski definition) is 4. The maximum absolute atomic E-state index is 12.3. The van der Waals surface area contributed by atoms with Gasteiger partial charge in [-0.05, 0) is 42.0 Å². The van der Waals surface area contributed by atoms with Gasteiger partial charge in [0, 0.05) is 16.6 Å². The average molecular weight is 431 g/mol. The molecule has 0 fully saturated rings. The predicted molar refractivity (Wildman–Crippen MR) is 100 cm³/mol. The lowest BCUT2D eigenvalue weighted by atomic mass is 10.1. The molecule has 0 radical (unpaired) electrons. The fraction of sp³-hybridized carbons (Fsp3) is 0.0588. The molecule has 1 aromatic heterocycles. The topological polar surface area (TPSA) is 135 Å². The van der Waals surface area contributed by atoms with Gasteiger partial charge >= 0.3 is 0 Å². The molecule has 10 heteroatoms. The minimum absolute atomic E-state index is 0.0189. The first-order valence-electron chi connectivity index (χ1n) is 7.78. The lowest BCUT2D eigenvalue weighted by Gasteiger charge is -2.05. The summed E-state index contributed by atoms with van der Waals surface area (Å²) in [5.74, 6) is -1.05. The first-order valence-corrected chi connectivity index (χ1v) is 8.57. The van der Waals surface area contributed by atoms with Gasteiger partial charge in [0.15, 0.2) is 11.5 Å². The van der Waals surface area contributed by atoms with Gasteiger partial charge in [0.25, 0.3) is 11.8 Å². The van der Waals surface area contributed by atoms with E-state index in [2.05, 4.69) is 31.4 Å². The Morgan fingerprint density at radius 2 is 1.70 bits per heavy atom. The van der Waals surface area contributed by atoms with Gasteiger partial charge in [-0.1, -0.05) is 28.1 Å². The molecule has 3 rings (SSSR count). The number of nitrogens with two attached hydrogens (primary N) is 1. The van der Waals surface area contributed by atoms with Crippen molar-refractivity contribution in [3.8, 4) is 5.69 Å². The van der Waals surface area contributed by atoms with Crippen molar-refractivity contribution in [3.63, 3.8) is 0 Å². The summed E-state index contributed by atoms with van der Waals surface area (Å²) in [5.41, 5.74) is 9.12. The van der Waals surface area contributed by atoms with E-state index < -0.39 is 11.8 Å². The Morgan fingerprint density at radius 3 is 2.33 bits per heavy atom. The minimum Gasteiger partial charge on any atom is -0.380 e. The summed E-state index contributed by atoms with van der Waals surface area (Å²) in [6, 6.07) is 13.6. The standard InChI is InChI=1S/C17H15BrN6O3/c18-12-5-7-13(8-6-12)24-21-14(15(19)22-24)17(26)20-9-10-1-3-11(4-2-10)16(25)23-27/h1-8,27H,9H2,(H2,19,22)(H,20,26)(H,23,25). The summed E-state index contributed by atoms with van der Waals surface area (Å²) < 4.78 is 0.909. The van der Waals surface area contributed by atoms with E-state index in [1.165, 1.54) is 16.9 Å². The summed E-state index contributed by atoms with van der Waals surface area (Å²) in [6.45, 7) is 0.213. The minimum atomic E-state index is -0.608. The van der Waals surface area contributed by atoms with Crippen LogP contribution in [0.3, 0.4) is 0 Å². The van der Waals surface area contributed by atoms with E-state index >= 15 is 0 Å². The van der Waals surface area contributed by atoms with Gasteiger partial charge in [-0.15, -0.1) is 15.0 Å². The molecule has 2 aromatic carbocycles. The second kappa shape index (κ2) is 7.98. The van der Waals surface area contributed by atoms with Gasteiger partial charge in [-0.2, -0.15) is 0 Å². The number of hydrogen-bond acceptors (Lipinski definition) is 6. The van der Waals surface area contributed by atoms with Crippen LogP contribution in [-0.4, -0.2) is 32.0 Å². The third-order valence-electron chi connectivity index (χ3n) is 3.68. The highest BCUT2D eigenvalue weighted by Gasteiger charge is 2.17. The first-order chi connectivity index (χ1) is 13.0. The maximum Gasteiger partial charge on any atom is 0.275 e. The van der Waals surface area contributed by atoms with E-state index in [9.17, 15) is 9.59 Å². The number of carbonyl (C=O) groups is 2. The normalized spacial score (nSPS) is 10.4. The van der Waals surface area contributed by atoms with Crippen LogP contribution in [0.2, 0.25) is 0 Å². The van der Waals surface area contributed by atoms with Gasteiger partial charge in [0.05, 0.1) is 5.69 Å². The van der Waals surface area contributed by atoms with Gasteiger partial charge in [-0.25, -0.2) is 5.48 Å². The SMILES string of the molecule is Nc1nn(-c2ccc(Br)cc2)nc1C(=O)NCc1ccc(C(=O)NO)cc1. The molecule has 0 spiro atoms. The predicted octanol–water partition coefficient (Wildman–Crippen LogP) is 1.66. The third-order valence-corrected chi connectivity index (χ3v) is 4.21. The number of halogens is 1. The molecule has 138 valence electrons. The number of rotatable bonds is 5. The maximum atomic E-state index is 12.3. The van der Waals surface area contributed by atoms with Crippen molar-refractivity contribution in [1.82, 2.24) is 25.8 Å². The van der Waals surface area contributed by atoms with Crippen LogP contribution in [0.25, 0.3) is 5.69 Å². The lowest BCUT2D eigenvalue weighted by molar-refractivity contribution is 0.0706. The molecule has 0 saturated heterocycles. The van der Waals surface area contributed by atoms with E-state index in [-0.39, 0.29) is 18.1 Å². The Labute approximate surface area is 162 Å². The lowest BCUT2D eigenvalue weighted by Crippen LogP contribution is -2.24. The second-order valence-electron chi connectivity index (χ2n) is 5.52. The highest BCUT2D eigenvalue weighted by atomic mass is 79.9. The van der Waals surface area contributed by atoms with E-state index in [4.69, 9.17) is 10.9 Å². The second-order valence-corrected chi connectivity index (χ2v) is 6.44. The smallest absolute Gasteiger partial charge is 0.275 e. The molecule has 5 N–H and O–H groups in total. The number of nitrogens with zero attached hydrogens (tertiary/aromatic N) is 3. The fourth-order valence-electron chi connectivity index (χ4n) is 2.27. The Kier molecular flexibility index (Phi) is 5.48. The van der Waals surface area contributed by atoms with E-state index in [0.717, 1.165) is 10.0 Å². The van der Waals surface area contributed by atoms with Gasteiger partial charge in [0.1, 0.15) is 0 Å². The zero-order valence-electron chi connectivity index (χ0n) is 13.9. The van der Waals surface area contributed by atoms with Crippen LogP contribution in [0.1, 0.15) is 26.4 Å². The van der Waals surface area contributed by atoms with E-state index in [1.54, 1.807) is 29.7 Å². The summed E-state index contributed by atoms with van der Waals surface area (Å²) in [4.78, 5) is 24.9. The van der Waals surface area contributed by atoms with Crippen LogP contribution in [-0.2, 0) is 6.54 Å². The zero-order valence-corrected chi connectivity index (χ0v) is 15.5. The van der Waals surface area contributed by atoms with Crippen LogP contribution < -0.4 is 16.5 Å². The van der Waals surface area contributed by atoms with Crippen molar-refractivity contribution in [2.75, 3.05) is 5.73 Å². The molecular formula is C17H15BrN6O3. The molecule has 0 aliphatic rings. The Balaban J connectivity index is 1.68. The molecule has 0 saturated carbocycles. The highest BCUT2D eigenvalue weighted by Crippen LogP contribution is 2.15. The Bertz CT molecular complexity index is 969. The van der Waals surface area contributed by atoms with E-state index in [1.807, 2.05) is 12.1 Å². The van der Waals surface area contributed by atoms with Gasteiger partial charge in [-0.3, -0.25) is 14.8 Å². The average Bonchev–Trinajstić information content (AvgIpc) is 3.08. The molecule has 0 atom stereocenters. The van der Waals surface area contributed by atoms with Crippen molar-refractivity contribution in [3.05, 3.63) is 69.8 Å². The summed E-state index contributed by atoms with van der Waals surface area (Å²) >= 11 is 3.35. The quantitative estimate of drug-likeness (QED) is 0.359. The largest absolute Gasteiger partial charge is 0.380 e. The molecule has 0 unspecified atom stereocenters. The zero-order chi connectivity index (χ0) is 19.4. The van der Waals surface area contributed by atoms with Crippen molar-refractivity contribution in [2.45, 2.75) is 6.54 Å². The van der Waals surface area contributed by atoms with Crippen molar-refractivity contribution >= 4 is 33.6 Å². The van der Waals surface area contributed by atoms with Crippen LogP contribution in [0.15, 0.2) is 53.0 Å². The molecule has 2 amide bonds. The molecule has 0 bridgehead atoms. The Hall–Kier alpha value is -3.24. The van der Waals surface area contributed by atoms with Crippen LogP contribution in [0.5, 0.6) is 0 Å². The van der Waals surface area contributed by atoms with Crippen LogP contribution >= 0.6 is 15.9 Å². The number of nitrogen functional groups attached to an aromatic ring is 1. The number of carbonyl (C=O) groups excluding carboxylic acids is 2. The van der Waals surface area contributed by atoms with Gasteiger partial charge in [0.2, 0.25) is 0 Å². The number of anilines is 1. The van der Waals surface area contributed by atoms with Gasteiger partial charge < -0.3 is 11.1 Å². The van der Waals surface area contributed by atoms with Crippen LogP contribution in [0, 0.1) is 0 Å². The third kappa shape index (κ3) is 4.30. The molecule has 0 aliphatic heterocycles. The van der Waals surface area contributed by atoms with Crippen LogP contribution in [0.4, 0.5) is 5.82 Å². The molecule has 1 heterocycles. The first kappa shape index (κ1) is 18.5. The number of nitrogens with one attached hydrogen (secondary N) is 2. The van der Waals surface area contributed by atoms with Crippen molar-refractivity contribution in [2.24, 2.45) is 0 Å². The fourth-order valence-corrected chi connectivity index (χ4v) is 2.54. The molecule has 27 heavy (non-hydrogen) atoms. The summed E-state index contributed by atoms with van der Waals surface area (Å²) in [5, 5.41) is 19.5. The number of aromatic nitrogens is 3. The van der Waals surface area contributed by atoms with E-state index in [0.29, 0.717) is 11.3 Å². The van der Waals surface area contributed by atoms with Crippen molar-refractivity contribution < 1.29 is 14.8 Å². The molecule has 0 aliphatic carbocycles. The summed E-state index contributed by atoms with van der Waals surface area (Å²) in [6.07, 6.45) is 0. The monoisotopic (exact) mass is 430 g/mol. The summed E-state index contributed by atoms with van der Waals surface area (Å²) in [7, 11) is 0. The molecule has 3 aromatic rings. The highest BCUT2D eigenvalue weighted by molar-refractivity contribution is 9.10.